The van der Waals surface area contributed by atoms with Crippen molar-refractivity contribution in [2.45, 2.75) is 57.7 Å². The molecule has 2 aliphatic rings. The van der Waals surface area contributed by atoms with E-state index >= 15 is 0 Å². The van der Waals surface area contributed by atoms with Gasteiger partial charge in [-0.25, -0.2) is 9.47 Å². The molecule has 0 aliphatic carbocycles. The molecular weight excluding hydrogens is 356 g/mol. The quantitative estimate of drug-likeness (QED) is 0.617. The number of aliphatic hydroxyl groups is 1. The Balaban J connectivity index is 1.90. The Bertz CT molecular complexity index is 1140. The summed E-state index contributed by atoms with van der Waals surface area (Å²) in [5.41, 5.74) is 3.29. The van der Waals surface area contributed by atoms with Crippen molar-refractivity contribution in [3.05, 3.63) is 78.1 Å². The van der Waals surface area contributed by atoms with E-state index in [-0.39, 0.29) is 11.0 Å². The van der Waals surface area contributed by atoms with Crippen LogP contribution in [0.3, 0.4) is 0 Å². The van der Waals surface area contributed by atoms with Crippen LogP contribution in [0.1, 0.15) is 57.9 Å². The molecule has 2 aliphatic heterocycles. The van der Waals surface area contributed by atoms with E-state index in [0.717, 1.165) is 29.8 Å². The van der Waals surface area contributed by atoms with Crippen LogP contribution in [-0.2, 0) is 5.41 Å². The smallest absolute Gasteiger partial charge is 0.292 e. The van der Waals surface area contributed by atoms with Gasteiger partial charge in [0.1, 0.15) is 11.7 Å². The summed E-state index contributed by atoms with van der Waals surface area (Å²) in [6.45, 7) is 9.38. The Hall–Kier alpha value is -2.65. The lowest BCUT2D eigenvalue weighted by Gasteiger charge is -2.52. The van der Waals surface area contributed by atoms with Crippen LogP contribution in [0.15, 0.2) is 67.0 Å². The van der Waals surface area contributed by atoms with E-state index in [0.29, 0.717) is 0 Å². The molecule has 1 N–H and O–H groups in total. The highest BCUT2D eigenvalue weighted by Crippen LogP contribution is 2.54. The summed E-state index contributed by atoms with van der Waals surface area (Å²) in [6.07, 6.45) is 5.62. The van der Waals surface area contributed by atoms with Crippen LogP contribution in [0.5, 0.6) is 0 Å². The molecule has 1 aromatic heterocycles. The first-order valence-electron chi connectivity index (χ1n) is 10.7. The molecule has 3 heterocycles. The molecule has 0 saturated heterocycles. The molecule has 148 valence electrons. The minimum absolute atomic E-state index is 0.00592. The van der Waals surface area contributed by atoms with Crippen LogP contribution in [0.2, 0.25) is 0 Å². The molecule has 0 saturated carbocycles. The molecule has 3 heteroatoms. The summed E-state index contributed by atoms with van der Waals surface area (Å²) in [5, 5.41) is 13.9. The fourth-order valence-corrected chi connectivity index (χ4v) is 5.56. The lowest BCUT2D eigenvalue weighted by Crippen LogP contribution is -2.64. The largest absolute Gasteiger partial charge is 0.351 e. The molecular formula is C26H29N2O+. The first-order chi connectivity index (χ1) is 14.0. The number of anilines is 1. The van der Waals surface area contributed by atoms with Gasteiger partial charge in [-0.1, -0.05) is 69.3 Å². The Morgan fingerprint density at radius 2 is 1.72 bits per heavy atom. The monoisotopic (exact) mass is 385 g/mol. The highest BCUT2D eigenvalue weighted by Gasteiger charge is 2.58. The minimum atomic E-state index is -0.701. The van der Waals surface area contributed by atoms with Gasteiger partial charge in [-0.15, -0.1) is 0 Å². The highest BCUT2D eigenvalue weighted by atomic mass is 16.3. The molecule has 5 rings (SSSR count). The fraction of sp³-hybridized carbons (Fsp3) is 0.346. The Labute approximate surface area is 172 Å². The Morgan fingerprint density at radius 3 is 2.41 bits per heavy atom. The minimum Gasteiger partial charge on any atom is -0.351 e. The molecule has 0 spiro atoms. The van der Waals surface area contributed by atoms with Crippen molar-refractivity contribution in [3.63, 3.8) is 0 Å². The van der Waals surface area contributed by atoms with E-state index in [1.807, 2.05) is 24.4 Å². The second-order valence-electron chi connectivity index (χ2n) is 8.82. The van der Waals surface area contributed by atoms with Gasteiger partial charge in [0, 0.05) is 5.41 Å². The van der Waals surface area contributed by atoms with Crippen molar-refractivity contribution >= 4 is 22.2 Å². The van der Waals surface area contributed by atoms with Crippen molar-refractivity contribution in [1.82, 2.24) is 0 Å². The van der Waals surface area contributed by atoms with Gasteiger partial charge < -0.3 is 5.11 Å². The van der Waals surface area contributed by atoms with Gasteiger partial charge in [-0.05, 0) is 42.3 Å². The third-order valence-electron chi connectivity index (χ3n) is 7.84. The van der Waals surface area contributed by atoms with E-state index < -0.39 is 6.23 Å². The van der Waals surface area contributed by atoms with Crippen molar-refractivity contribution in [2.75, 3.05) is 4.90 Å². The number of hydrogen-bond acceptors (Lipinski definition) is 2. The maximum Gasteiger partial charge on any atom is 0.292 e. The summed E-state index contributed by atoms with van der Waals surface area (Å²) in [6, 6.07) is 19.1. The predicted octanol–water partition coefficient (Wildman–Crippen LogP) is 5.33. The number of pyridine rings is 1. The Morgan fingerprint density at radius 1 is 0.966 bits per heavy atom. The highest BCUT2D eigenvalue weighted by molar-refractivity contribution is 5.98. The van der Waals surface area contributed by atoms with Crippen molar-refractivity contribution in [2.24, 2.45) is 0 Å². The molecule has 2 aromatic carbocycles. The summed E-state index contributed by atoms with van der Waals surface area (Å²) in [4.78, 5) is 2.46. The fourth-order valence-electron chi connectivity index (χ4n) is 5.56. The van der Waals surface area contributed by atoms with Crippen LogP contribution in [0.4, 0.5) is 5.82 Å². The lowest BCUT2D eigenvalue weighted by atomic mass is 9.60. The van der Waals surface area contributed by atoms with E-state index in [1.165, 1.54) is 16.3 Å². The van der Waals surface area contributed by atoms with Crippen LogP contribution < -0.4 is 9.47 Å². The molecule has 0 amide bonds. The van der Waals surface area contributed by atoms with Gasteiger partial charge in [-0.2, -0.15) is 0 Å². The Kier molecular flexibility index (Phi) is 3.91. The molecule has 3 atom stereocenters. The average Bonchev–Trinajstić information content (AvgIpc) is 2.77. The van der Waals surface area contributed by atoms with Gasteiger partial charge in [0.2, 0.25) is 6.23 Å². The van der Waals surface area contributed by atoms with E-state index in [1.54, 1.807) is 0 Å². The zero-order valence-electron chi connectivity index (χ0n) is 17.7. The van der Waals surface area contributed by atoms with E-state index in [2.05, 4.69) is 79.8 Å². The van der Waals surface area contributed by atoms with E-state index in [9.17, 15) is 5.11 Å². The maximum absolute atomic E-state index is 11.4. The van der Waals surface area contributed by atoms with E-state index in [4.69, 9.17) is 0 Å². The van der Waals surface area contributed by atoms with Crippen LogP contribution in [-0.4, -0.2) is 10.6 Å². The van der Waals surface area contributed by atoms with Gasteiger partial charge in [-0.3, -0.25) is 0 Å². The molecule has 3 nitrogen and oxygen atoms in total. The van der Waals surface area contributed by atoms with Gasteiger partial charge in [0.05, 0.1) is 17.2 Å². The number of benzene rings is 2. The van der Waals surface area contributed by atoms with Crippen molar-refractivity contribution in [3.8, 4) is 0 Å². The third-order valence-corrected chi connectivity index (χ3v) is 7.84. The summed E-state index contributed by atoms with van der Waals surface area (Å²) in [7, 11) is 0. The molecule has 3 aromatic rings. The van der Waals surface area contributed by atoms with Crippen LogP contribution in [0, 0.1) is 0 Å². The average molecular weight is 386 g/mol. The molecule has 29 heavy (non-hydrogen) atoms. The SMILES string of the molecule is CCC1(C)c2cccc3cc[n+]4c(c23)N(C=C(c2ccccc2)C4O)C1(C)CC. The second kappa shape index (κ2) is 6.17. The lowest BCUT2D eigenvalue weighted by molar-refractivity contribution is -0.733. The number of aliphatic hydroxyl groups excluding tert-OH is 1. The summed E-state index contributed by atoms with van der Waals surface area (Å²) in [5.74, 6) is 1.11. The number of aromatic nitrogens is 1. The van der Waals surface area contributed by atoms with Crippen molar-refractivity contribution < 1.29 is 9.67 Å². The molecule has 0 fully saturated rings. The maximum atomic E-state index is 11.4. The van der Waals surface area contributed by atoms with Crippen LogP contribution >= 0.6 is 0 Å². The molecule has 3 unspecified atom stereocenters. The summed E-state index contributed by atoms with van der Waals surface area (Å²) < 4.78 is 2.05. The zero-order chi connectivity index (χ0) is 20.4. The standard InChI is InChI=1S/C26H29N2O/c1-5-25(3)21-14-10-13-19-15-16-27-23(22(19)21)28(26(25,4)6-2)17-20(24(27)29)18-11-8-7-9-12-18/h7-17,24,29H,5-6H2,1-4H3/q+1. The van der Waals surface area contributed by atoms with Crippen LogP contribution in [0.25, 0.3) is 16.3 Å². The molecule has 0 bridgehead atoms. The first kappa shape index (κ1) is 18.4. The van der Waals surface area contributed by atoms with Gasteiger partial charge in [0.25, 0.3) is 5.82 Å². The van der Waals surface area contributed by atoms with Gasteiger partial charge >= 0.3 is 0 Å². The summed E-state index contributed by atoms with van der Waals surface area (Å²) >= 11 is 0. The third kappa shape index (κ3) is 2.20. The van der Waals surface area contributed by atoms with Crippen molar-refractivity contribution in [1.29, 1.82) is 0 Å². The second-order valence-corrected chi connectivity index (χ2v) is 8.82. The predicted molar refractivity (Wildman–Crippen MR) is 119 cm³/mol. The zero-order valence-corrected chi connectivity index (χ0v) is 17.7. The molecule has 0 radical (unpaired) electrons. The van der Waals surface area contributed by atoms with Gasteiger partial charge in [0.15, 0.2) is 0 Å². The first-order valence-corrected chi connectivity index (χ1v) is 10.7. The normalized spacial score (nSPS) is 27.8. The number of hydrogen-bond donors (Lipinski definition) is 1. The topological polar surface area (TPSA) is 27.4 Å². The number of rotatable bonds is 3. The number of nitrogens with zero attached hydrogens (tertiary/aromatic N) is 2.